The summed E-state index contributed by atoms with van der Waals surface area (Å²) in [5.74, 6) is 1.13. The lowest BCUT2D eigenvalue weighted by Crippen LogP contribution is -2.37. The zero-order valence-corrected chi connectivity index (χ0v) is 19.9. The number of ether oxygens (including phenoxy) is 4. The van der Waals surface area contributed by atoms with Gasteiger partial charge in [-0.05, 0) is 56.0 Å². The molecular weight excluding hydrogens is 428 g/mol. The predicted molar refractivity (Wildman–Crippen MR) is 126 cm³/mol. The normalized spacial score (nSPS) is 15.7. The summed E-state index contributed by atoms with van der Waals surface area (Å²) >= 11 is 1.51. The number of hydrogen-bond donors (Lipinski definition) is 0. The van der Waals surface area contributed by atoms with E-state index < -0.39 is 0 Å². The Hall–Kier alpha value is -2.84. The highest BCUT2D eigenvalue weighted by Gasteiger charge is 2.29. The highest BCUT2D eigenvalue weighted by molar-refractivity contribution is 7.22. The number of amides is 1. The van der Waals surface area contributed by atoms with Gasteiger partial charge in [0.05, 0.1) is 44.2 Å². The Morgan fingerprint density at radius 1 is 1.16 bits per heavy atom. The van der Waals surface area contributed by atoms with Gasteiger partial charge < -0.3 is 18.9 Å². The van der Waals surface area contributed by atoms with Gasteiger partial charge in [0, 0.05) is 12.2 Å². The van der Waals surface area contributed by atoms with E-state index in [1.165, 1.54) is 38.2 Å². The molecule has 1 saturated heterocycles. The molecule has 0 radical (unpaired) electrons. The Labute approximate surface area is 191 Å². The molecule has 1 aromatic heterocycles. The van der Waals surface area contributed by atoms with E-state index >= 15 is 0 Å². The maximum absolute atomic E-state index is 13.8. The Balaban J connectivity index is 1.79. The van der Waals surface area contributed by atoms with Crippen LogP contribution in [-0.2, 0) is 4.74 Å². The minimum atomic E-state index is -0.187. The minimum Gasteiger partial charge on any atom is -0.493 e. The van der Waals surface area contributed by atoms with Crippen molar-refractivity contribution in [3.05, 3.63) is 41.0 Å². The van der Waals surface area contributed by atoms with Gasteiger partial charge in [-0.2, -0.15) is 0 Å². The largest absolute Gasteiger partial charge is 0.493 e. The SMILES string of the molecule is COc1cc(C(=O)N(CC2CCCO2)c2nc3c(C)c(C)ccc3s2)cc(OC)c1OC. The van der Waals surface area contributed by atoms with Crippen LogP contribution < -0.4 is 19.1 Å². The van der Waals surface area contributed by atoms with E-state index in [-0.39, 0.29) is 12.0 Å². The van der Waals surface area contributed by atoms with E-state index in [2.05, 4.69) is 26.0 Å². The van der Waals surface area contributed by atoms with Gasteiger partial charge in [-0.3, -0.25) is 9.69 Å². The number of benzene rings is 2. The van der Waals surface area contributed by atoms with Crippen molar-refractivity contribution in [1.29, 1.82) is 0 Å². The number of aryl methyl sites for hydroxylation is 2. The van der Waals surface area contributed by atoms with E-state index in [0.717, 1.165) is 35.2 Å². The fraction of sp³-hybridized carbons (Fsp3) is 0.417. The van der Waals surface area contributed by atoms with E-state index in [0.29, 0.717) is 34.5 Å². The summed E-state index contributed by atoms with van der Waals surface area (Å²) in [7, 11) is 4.61. The number of aromatic nitrogens is 1. The monoisotopic (exact) mass is 456 g/mol. The van der Waals surface area contributed by atoms with Crippen LogP contribution in [0.5, 0.6) is 17.2 Å². The molecule has 0 N–H and O–H groups in total. The van der Waals surface area contributed by atoms with Crippen molar-refractivity contribution in [3.8, 4) is 17.2 Å². The Morgan fingerprint density at radius 2 is 1.88 bits per heavy atom. The predicted octanol–water partition coefficient (Wildman–Crippen LogP) is 4.76. The topological polar surface area (TPSA) is 70.1 Å². The van der Waals surface area contributed by atoms with Gasteiger partial charge in [0.1, 0.15) is 0 Å². The van der Waals surface area contributed by atoms with Crippen LogP contribution in [0.3, 0.4) is 0 Å². The van der Waals surface area contributed by atoms with Gasteiger partial charge >= 0.3 is 0 Å². The summed E-state index contributed by atoms with van der Waals surface area (Å²) in [4.78, 5) is 20.4. The number of nitrogens with zero attached hydrogens (tertiary/aromatic N) is 2. The first-order valence-corrected chi connectivity index (χ1v) is 11.4. The van der Waals surface area contributed by atoms with Gasteiger partial charge in [-0.25, -0.2) is 4.98 Å². The minimum absolute atomic E-state index is 0.0177. The number of carbonyl (C=O) groups is 1. The van der Waals surface area contributed by atoms with Crippen molar-refractivity contribution in [2.75, 3.05) is 39.4 Å². The number of carbonyl (C=O) groups excluding carboxylic acids is 1. The lowest BCUT2D eigenvalue weighted by atomic mass is 10.1. The molecule has 1 unspecified atom stereocenters. The smallest absolute Gasteiger partial charge is 0.260 e. The first kappa shape index (κ1) is 22.4. The summed E-state index contributed by atoms with van der Waals surface area (Å²) in [6.45, 7) is 5.29. The number of methoxy groups -OCH3 is 3. The van der Waals surface area contributed by atoms with Gasteiger partial charge in [-0.1, -0.05) is 17.4 Å². The second kappa shape index (κ2) is 9.34. The number of anilines is 1. The molecule has 7 nitrogen and oxygen atoms in total. The molecule has 3 aromatic rings. The van der Waals surface area contributed by atoms with Gasteiger partial charge in [0.15, 0.2) is 16.6 Å². The summed E-state index contributed by atoms with van der Waals surface area (Å²) in [6.07, 6.45) is 1.90. The van der Waals surface area contributed by atoms with Gasteiger partial charge in [0.25, 0.3) is 5.91 Å². The molecule has 32 heavy (non-hydrogen) atoms. The summed E-state index contributed by atoms with van der Waals surface area (Å²) in [5.41, 5.74) is 3.67. The third-order valence-corrected chi connectivity index (χ3v) is 6.92. The highest BCUT2D eigenvalue weighted by atomic mass is 32.1. The molecule has 2 aromatic carbocycles. The van der Waals surface area contributed by atoms with Crippen molar-refractivity contribution in [2.45, 2.75) is 32.8 Å². The van der Waals surface area contributed by atoms with Crippen LogP contribution in [0.1, 0.15) is 34.3 Å². The second-order valence-corrected chi connectivity index (χ2v) is 8.82. The molecule has 8 heteroatoms. The van der Waals surface area contributed by atoms with E-state index in [4.69, 9.17) is 23.9 Å². The molecule has 1 fully saturated rings. The third kappa shape index (κ3) is 4.12. The molecule has 1 aliphatic heterocycles. The highest BCUT2D eigenvalue weighted by Crippen LogP contribution is 2.39. The summed E-state index contributed by atoms with van der Waals surface area (Å²) in [5, 5.41) is 0.656. The van der Waals surface area contributed by atoms with Crippen LogP contribution in [0, 0.1) is 13.8 Å². The van der Waals surface area contributed by atoms with Crippen molar-refractivity contribution in [2.24, 2.45) is 0 Å². The number of hydrogen-bond acceptors (Lipinski definition) is 7. The number of fused-ring (bicyclic) bond motifs is 1. The van der Waals surface area contributed by atoms with Crippen LogP contribution in [0.25, 0.3) is 10.2 Å². The Kier molecular flexibility index (Phi) is 6.53. The van der Waals surface area contributed by atoms with Gasteiger partial charge in [0.2, 0.25) is 5.75 Å². The average Bonchev–Trinajstić information content (AvgIpc) is 3.48. The van der Waals surface area contributed by atoms with Crippen molar-refractivity contribution >= 4 is 32.6 Å². The maximum Gasteiger partial charge on any atom is 0.260 e. The average molecular weight is 457 g/mol. The third-order valence-electron chi connectivity index (χ3n) is 5.87. The maximum atomic E-state index is 13.8. The summed E-state index contributed by atoms with van der Waals surface area (Å²) in [6, 6.07) is 7.50. The Morgan fingerprint density at radius 3 is 2.47 bits per heavy atom. The number of thiazole rings is 1. The molecule has 0 spiro atoms. The molecule has 1 atom stereocenters. The van der Waals surface area contributed by atoms with Crippen LogP contribution >= 0.6 is 11.3 Å². The van der Waals surface area contributed by atoms with E-state index in [1.54, 1.807) is 17.0 Å². The first-order valence-electron chi connectivity index (χ1n) is 10.6. The standard InChI is InChI=1S/C24H28N2O5S/c1-14-8-9-20-21(15(14)2)25-24(32-20)26(13-17-7-6-10-31-17)23(27)16-11-18(28-3)22(30-5)19(12-16)29-4/h8-9,11-12,17H,6-7,10,13H2,1-5H3. The number of rotatable bonds is 7. The quantitative estimate of drug-likeness (QED) is 0.510. The molecule has 0 saturated carbocycles. The van der Waals surface area contributed by atoms with Crippen molar-refractivity contribution in [1.82, 2.24) is 4.98 Å². The molecule has 1 aliphatic rings. The molecule has 2 heterocycles. The zero-order valence-electron chi connectivity index (χ0n) is 19.1. The lowest BCUT2D eigenvalue weighted by molar-refractivity contribution is 0.0917. The van der Waals surface area contributed by atoms with E-state index in [1.807, 2.05) is 0 Å². The summed E-state index contributed by atoms with van der Waals surface area (Å²) < 4.78 is 23.2. The van der Waals surface area contributed by atoms with Crippen LogP contribution in [0.2, 0.25) is 0 Å². The Bertz CT molecular complexity index is 1110. The fourth-order valence-electron chi connectivity index (χ4n) is 3.93. The van der Waals surface area contributed by atoms with Crippen molar-refractivity contribution in [3.63, 3.8) is 0 Å². The second-order valence-electron chi connectivity index (χ2n) is 7.82. The molecule has 0 aliphatic carbocycles. The molecule has 170 valence electrons. The van der Waals surface area contributed by atoms with E-state index in [9.17, 15) is 4.79 Å². The molecule has 0 bridgehead atoms. The molecule has 4 rings (SSSR count). The molecular formula is C24H28N2O5S. The van der Waals surface area contributed by atoms with Crippen molar-refractivity contribution < 1.29 is 23.7 Å². The van der Waals surface area contributed by atoms with Crippen LogP contribution in [0.15, 0.2) is 24.3 Å². The first-order chi connectivity index (χ1) is 15.5. The zero-order chi connectivity index (χ0) is 22.8. The fourth-order valence-corrected chi connectivity index (χ4v) is 4.96. The van der Waals surface area contributed by atoms with Crippen LogP contribution in [-0.4, -0.2) is 51.5 Å². The lowest BCUT2D eigenvalue weighted by Gasteiger charge is -2.24. The molecule has 1 amide bonds. The van der Waals surface area contributed by atoms with Gasteiger partial charge in [-0.15, -0.1) is 0 Å². The van der Waals surface area contributed by atoms with Crippen LogP contribution in [0.4, 0.5) is 5.13 Å².